The van der Waals surface area contributed by atoms with E-state index in [1.807, 2.05) is 38.1 Å². The number of imidazole rings is 1. The van der Waals surface area contributed by atoms with Gasteiger partial charge in [0.15, 0.2) is 11.2 Å². The number of aromatic nitrogens is 4. The van der Waals surface area contributed by atoms with Crippen LogP contribution in [-0.4, -0.2) is 52.0 Å². The van der Waals surface area contributed by atoms with Crippen molar-refractivity contribution in [3.8, 4) is 0 Å². The van der Waals surface area contributed by atoms with Crippen molar-refractivity contribution in [1.82, 2.24) is 19.5 Å². The molecule has 3 aromatic rings. The molecule has 0 aliphatic heterocycles. The highest BCUT2D eigenvalue weighted by Crippen LogP contribution is 2.39. The molecule has 1 atom stereocenters. The topological polar surface area (TPSA) is 153 Å². The molecule has 0 aliphatic carbocycles. The first-order valence-electron chi connectivity index (χ1n) is 10.7. The van der Waals surface area contributed by atoms with Gasteiger partial charge in [0.1, 0.15) is 6.35 Å². The molecule has 12 nitrogen and oxygen atoms in total. The summed E-state index contributed by atoms with van der Waals surface area (Å²) in [6.07, 6.45) is 0.807. The van der Waals surface area contributed by atoms with E-state index in [4.69, 9.17) is 29.0 Å². The van der Waals surface area contributed by atoms with Crippen molar-refractivity contribution in [2.45, 2.75) is 27.0 Å². The van der Waals surface area contributed by atoms with E-state index in [-0.39, 0.29) is 50.3 Å². The molecule has 0 aliphatic rings. The molecule has 0 saturated carbocycles. The lowest BCUT2D eigenvalue weighted by atomic mass is 10.2. The molecule has 0 saturated heterocycles. The predicted octanol–water partition coefficient (Wildman–Crippen LogP) is 3.75. The molecule has 0 bridgehead atoms. The lowest BCUT2D eigenvalue weighted by Crippen LogP contribution is -2.14. The Labute approximate surface area is 211 Å². The van der Waals surface area contributed by atoms with E-state index in [0.29, 0.717) is 12.2 Å². The number of rotatable bonds is 13. The van der Waals surface area contributed by atoms with Crippen LogP contribution in [0.5, 0.6) is 0 Å². The molecule has 3 rings (SSSR count). The number of benzene rings is 1. The maximum Gasteiger partial charge on any atom is 0.510 e. The number of ether oxygens (including phenoxy) is 3. The Morgan fingerprint density at radius 1 is 1.29 bits per heavy atom. The quantitative estimate of drug-likeness (QED) is 0.134. The number of nitrogens with zero attached hydrogens (tertiary/aromatic N) is 3. The molecular weight excluding hydrogens is 545 g/mol. The highest BCUT2D eigenvalue weighted by molar-refractivity contribution is 9.10. The van der Waals surface area contributed by atoms with E-state index in [2.05, 4.69) is 30.9 Å². The summed E-state index contributed by atoms with van der Waals surface area (Å²) < 4.78 is 29.7. The number of hydrogen-bond acceptors (Lipinski definition) is 10. The van der Waals surface area contributed by atoms with Crippen molar-refractivity contribution in [2.24, 2.45) is 5.92 Å². The third kappa shape index (κ3) is 8.86. The van der Waals surface area contributed by atoms with E-state index in [1.54, 1.807) is 4.57 Å². The Morgan fingerprint density at radius 2 is 2.11 bits per heavy atom. The Hall–Kier alpha value is -2.57. The van der Waals surface area contributed by atoms with Gasteiger partial charge in [-0.1, -0.05) is 41.9 Å². The number of anilines is 1. The summed E-state index contributed by atoms with van der Waals surface area (Å²) >= 11 is 3.43. The van der Waals surface area contributed by atoms with Crippen LogP contribution in [0.15, 0.2) is 39.9 Å². The molecule has 190 valence electrons. The monoisotopic (exact) mass is 571 g/mol. The van der Waals surface area contributed by atoms with Gasteiger partial charge >= 0.3 is 6.16 Å². The number of nitrogens with one attached hydrogen (secondary N) is 1. The van der Waals surface area contributed by atoms with Crippen molar-refractivity contribution in [3.63, 3.8) is 0 Å². The molecule has 0 spiro atoms. The van der Waals surface area contributed by atoms with E-state index in [0.717, 1.165) is 10.0 Å². The minimum Gasteiger partial charge on any atom is -0.434 e. The van der Waals surface area contributed by atoms with Crippen LogP contribution in [0, 0.1) is 5.92 Å². The minimum absolute atomic E-state index is 0.00922. The minimum atomic E-state index is -1.55. The Balaban J connectivity index is 1.51. The standard InChI is InChI=1S/C21H27BrN5O7P/c1-14(2)9-31-21(29)32-12-34-35(33-10-15-4-3-5-16(22)8-15)13-30-7-6-27-11-24-17-18(27)25-20(23)26-19(17)28/h3-5,8,11,14H,6-7,9-10,12-13H2,1-2H3,(H3,23,25,26,28). The molecule has 14 heteroatoms. The molecular formula is C21H27BrN5O7P. The smallest absolute Gasteiger partial charge is 0.434 e. The van der Waals surface area contributed by atoms with Gasteiger partial charge < -0.3 is 29.0 Å². The number of H-pyrrole nitrogens is 1. The molecule has 0 fully saturated rings. The second-order valence-electron chi connectivity index (χ2n) is 7.68. The summed E-state index contributed by atoms with van der Waals surface area (Å²) in [7, 11) is -1.55. The zero-order chi connectivity index (χ0) is 25.2. The number of fused-ring (bicyclic) bond motifs is 1. The maximum atomic E-state index is 11.9. The van der Waals surface area contributed by atoms with E-state index in [1.165, 1.54) is 6.33 Å². The van der Waals surface area contributed by atoms with Gasteiger partial charge in [-0.3, -0.25) is 14.3 Å². The number of carbonyl (C=O) groups excluding carboxylic acids is 1. The van der Waals surface area contributed by atoms with Crippen molar-refractivity contribution < 1.29 is 28.1 Å². The van der Waals surface area contributed by atoms with Crippen LogP contribution in [-0.2, 0) is 36.4 Å². The van der Waals surface area contributed by atoms with Gasteiger partial charge in [0, 0.05) is 11.0 Å². The van der Waals surface area contributed by atoms with Gasteiger partial charge in [-0.25, -0.2) is 9.78 Å². The summed E-state index contributed by atoms with van der Waals surface area (Å²) in [6, 6.07) is 7.67. The number of hydrogen-bond donors (Lipinski definition) is 2. The van der Waals surface area contributed by atoms with E-state index >= 15 is 0 Å². The molecule has 0 amide bonds. The number of nitrogen functional groups attached to an aromatic ring is 1. The Morgan fingerprint density at radius 3 is 2.89 bits per heavy atom. The van der Waals surface area contributed by atoms with Crippen LogP contribution in [0.1, 0.15) is 19.4 Å². The summed E-state index contributed by atoms with van der Waals surface area (Å²) in [5.74, 6) is 0.204. The van der Waals surface area contributed by atoms with Crippen LogP contribution in [0.2, 0.25) is 0 Å². The number of aromatic amines is 1. The van der Waals surface area contributed by atoms with E-state index in [9.17, 15) is 9.59 Å². The number of halogens is 1. The zero-order valence-corrected chi connectivity index (χ0v) is 21.8. The molecule has 2 aromatic heterocycles. The fourth-order valence-electron chi connectivity index (χ4n) is 2.73. The van der Waals surface area contributed by atoms with Crippen molar-refractivity contribution in [1.29, 1.82) is 0 Å². The van der Waals surface area contributed by atoms with Gasteiger partial charge in [-0.05, 0) is 23.6 Å². The van der Waals surface area contributed by atoms with Crippen molar-refractivity contribution >= 4 is 47.6 Å². The lowest BCUT2D eigenvalue weighted by Gasteiger charge is -2.18. The van der Waals surface area contributed by atoms with Gasteiger partial charge in [0.05, 0.1) is 26.1 Å². The first-order valence-corrected chi connectivity index (χ1v) is 12.8. The number of carbonyl (C=O) groups is 1. The summed E-state index contributed by atoms with van der Waals surface area (Å²) in [6.45, 7) is 4.69. The molecule has 1 unspecified atom stereocenters. The highest BCUT2D eigenvalue weighted by atomic mass is 79.9. The fraction of sp³-hybridized carbons (Fsp3) is 0.429. The van der Waals surface area contributed by atoms with Crippen LogP contribution in [0.25, 0.3) is 11.2 Å². The van der Waals surface area contributed by atoms with Crippen LogP contribution in [0.3, 0.4) is 0 Å². The molecule has 3 N–H and O–H groups in total. The summed E-state index contributed by atoms with van der Waals surface area (Å²) in [5.41, 5.74) is 6.72. The average molecular weight is 572 g/mol. The third-order valence-electron chi connectivity index (χ3n) is 4.34. The second-order valence-corrected chi connectivity index (χ2v) is 10.0. The van der Waals surface area contributed by atoms with E-state index < -0.39 is 20.1 Å². The molecule has 35 heavy (non-hydrogen) atoms. The van der Waals surface area contributed by atoms with Crippen LogP contribution < -0.4 is 11.3 Å². The summed E-state index contributed by atoms with van der Waals surface area (Å²) in [4.78, 5) is 34.1. The second kappa shape index (κ2) is 13.5. The highest BCUT2D eigenvalue weighted by Gasteiger charge is 2.15. The normalized spacial score (nSPS) is 12.2. The maximum absolute atomic E-state index is 11.9. The first kappa shape index (κ1) is 27.0. The van der Waals surface area contributed by atoms with Crippen molar-refractivity contribution in [3.05, 3.63) is 51.0 Å². The fourth-order valence-corrected chi connectivity index (χ4v) is 4.14. The zero-order valence-electron chi connectivity index (χ0n) is 19.3. The summed E-state index contributed by atoms with van der Waals surface area (Å²) in [5, 5.41) is 0. The molecule has 2 heterocycles. The van der Waals surface area contributed by atoms with Crippen LogP contribution in [0.4, 0.5) is 10.7 Å². The van der Waals surface area contributed by atoms with Gasteiger partial charge in [0.25, 0.3) is 5.56 Å². The Kier molecular flexibility index (Phi) is 10.4. The van der Waals surface area contributed by atoms with Gasteiger partial charge in [0.2, 0.25) is 21.1 Å². The molecule has 1 aromatic carbocycles. The Bertz CT molecular complexity index is 1170. The third-order valence-corrected chi connectivity index (χ3v) is 6.04. The van der Waals surface area contributed by atoms with Gasteiger partial charge in [-0.2, -0.15) is 4.98 Å². The molecule has 0 radical (unpaired) electrons. The number of nitrogens with two attached hydrogens (primary N) is 1. The lowest BCUT2D eigenvalue weighted by molar-refractivity contribution is -0.00337. The average Bonchev–Trinajstić information content (AvgIpc) is 3.21. The SMILES string of the molecule is CC(C)COC(=O)OCOP(COCCn1cnc2c(=O)[nH]c(N)nc21)OCc1cccc(Br)c1. The first-order chi connectivity index (χ1) is 16.8. The van der Waals surface area contributed by atoms with Crippen molar-refractivity contribution in [2.75, 3.05) is 32.1 Å². The largest absolute Gasteiger partial charge is 0.510 e. The van der Waals surface area contributed by atoms with Crippen LogP contribution >= 0.6 is 24.3 Å². The van der Waals surface area contributed by atoms with Gasteiger partial charge in [-0.15, -0.1) is 0 Å². The predicted molar refractivity (Wildman–Crippen MR) is 132 cm³/mol.